The highest BCUT2D eigenvalue weighted by Gasteiger charge is 2.42. The fraction of sp³-hybridized carbons (Fsp3) is 0.238. The molecule has 27 heavy (non-hydrogen) atoms. The molecule has 0 spiro atoms. The molecule has 2 aromatic carbocycles. The van der Waals surface area contributed by atoms with E-state index in [-0.39, 0.29) is 5.91 Å². The van der Waals surface area contributed by atoms with Gasteiger partial charge >= 0.3 is 0 Å². The van der Waals surface area contributed by atoms with Crippen molar-refractivity contribution < 1.29 is 9.53 Å². The predicted octanol–water partition coefficient (Wildman–Crippen LogP) is 5.38. The number of aromatic nitrogens is 1. The van der Waals surface area contributed by atoms with Gasteiger partial charge in [-0.3, -0.25) is 4.79 Å². The van der Waals surface area contributed by atoms with Crippen LogP contribution in [-0.4, -0.2) is 22.3 Å². The maximum atomic E-state index is 13.1. The summed E-state index contributed by atoms with van der Waals surface area (Å²) in [5, 5.41) is 1.54. The molecule has 0 bridgehead atoms. The molecule has 0 saturated heterocycles. The van der Waals surface area contributed by atoms with Crippen molar-refractivity contribution >= 4 is 39.1 Å². The van der Waals surface area contributed by atoms with Gasteiger partial charge in [-0.2, -0.15) is 0 Å². The minimum Gasteiger partial charge on any atom is -0.452 e. The first-order chi connectivity index (χ1) is 12.9. The van der Waals surface area contributed by atoms with Crippen LogP contribution < -0.4 is 4.74 Å². The number of para-hydroxylation sites is 1. The van der Waals surface area contributed by atoms with Crippen molar-refractivity contribution in [2.24, 2.45) is 0 Å². The zero-order valence-corrected chi connectivity index (χ0v) is 16.9. The molecule has 1 aromatic heterocycles. The largest absolute Gasteiger partial charge is 0.452 e. The Morgan fingerprint density at radius 3 is 2.56 bits per heavy atom. The van der Waals surface area contributed by atoms with Gasteiger partial charge in [0.15, 0.2) is 5.76 Å². The summed E-state index contributed by atoms with van der Waals surface area (Å²) < 4.78 is 7.01. The van der Waals surface area contributed by atoms with E-state index < -0.39 is 5.54 Å². The summed E-state index contributed by atoms with van der Waals surface area (Å²) in [6.45, 7) is 6.50. The van der Waals surface area contributed by atoms with Crippen LogP contribution in [0.5, 0.6) is 5.75 Å². The highest BCUT2D eigenvalue weighted by atomic mass is 35.5. The number of nitrogens with zero attached hydrogens (tertiary/aromatic N) is 2. The number of amides is 1. The molecule has 1 aliphatic heterocycles. The van der Waals surface area contributed by atoms with E-state index in [9.17, 15) is 4.79 Å². The molecular formula is C21H19ClN2O2S. The second kappa shape index (κ2) is 6.66. The van der Waals surface area contributed by atoms with Crippen molar-refractivity contribution in [3.05, 3.63) is 69.9 Å². The van der Waals surface area contributed by atoms with E-state index in [0.717, 1.165) is 20.8 Å². The van der Waals surface area contributed by atoms with E-state index in [1.807, 2.05) is 43.9 Å². The lowest BCUT2D eigenvalue weighted by Crippen LogP contribution is -2.43. The summed E-state index contributed by atoms with van der Waals surface area (Å²) in [5.41, 5.74) is 1.33. The van der Waals surface area contributed by atoms with E-state index in [0.29, 0.717) is 23.1 Å². The van der Waals surface area contributed by atoms with Crippen molar-refractivity contribution in [3.63, 3.8) is 0 Å². The fourth-order valence-corrected chi connectivity index (χ4v) is 4.34. The minimum absolute atomic E-state index is 0.119. The van der Waals surface area contributed by atoms with Crippen LogP contribution in [0.25, 0.3) is 10.2 Å². The summed E-state index contributed by atoms with van der Waals surface area (Å²) in [5.74, 6) is 0.861. The van der Waals surface area contributed by atoms with E-state index in [2.05, 4.69) is 6.07 Å². The number of thiazole rings is 1. The molecular weight excluding hydrogens is 380 g/mol. The molecule has 1 amide bonds. The summed E-state index contributed by atoms with van der Waals surface area (Å²) in [6.07, 6.45) is 0. The maximum absolute atomic E-state index is 13.1. The first kappa shape index (κ1) is 18.0. The SMILES string of the molecule is CC1=C(Oc2ccc(Cl)cc2)C(=O)N(C(C)(C)c2nc3ccccc3s2)C1. The highest BCUT2D eigenvalue weighted by Crippen LogP contribution is 2.38. The van der Waals surface area contributed by atoms with Crippen LogP contribution in [0.4, 0.5) is 0 Å². The van der Waals surface area contributed by atoms with Crippen LogP contribution in [0.15, 0.2) is 59.9 Å². The molecule has 3 aromatic rings. The number of fused-ring (bicyclic) bond motifs is 1. The number of ether oxygens (including phenoxy) is 1. The first-order valence-electron chi connectivity index (χ1n) is 8.67. The second-order valence-corrected chi connectivity index (χ2v) is 8.57. The van der Waals surface area contributed by atoms with Crippen molar-refractivity contribution in [1.29, 1.82) is 0 Å². The molecule has 0 atom stereocenters. The normalized spacial score (nSPS) is 15.1. The third-order valence-corrected chi connectivity index (χ3v) is 6.35. The molecule has 4 rings (SSSR count). The van der Waals surface area contributed by atoms with Crippen LogP contribution in [0.2, 0.25) is 5.02 Å². The van der Waals surface area contributed by atoms with Crippen LogP contribution in [0.1, 0.15) is 25.8 Å². The number of carbonyl (C=O) groups excluding carboxylic acids is 1. The highest BCUT2D eigenvalue weighted by molar-refractivity contribution is 7.18. The lowest BCUT2D eigenvalue weighted by Gasteiger charge is -2.33. The smallest absolute Gasteiger partial charge is 0.290 e. The van der Waals surface area contributed by atoms with E-state index in [4.69, 9.17) is 21.3 Å². The molecule has 1 aliphatic rings. The molecule has 2 heterocycles. The van der Waals surface area contributed by atoms with Crippen molar-refractivity contribution in [2.75, 3.05) is 6.54 Å². The number of hydrogen-bond donors (Lipinski definition) is 0. The Balaban J connectivity index is 1.61. The van der Waals surface area contributed by atoms with Crippen LogP contribution in [-0.2, 0) is 10.3 Å². The van der Waals surface area contributed by atoms with Crippen LogP contribution >= 0.6 is 22.9 Å². The van der Waals surface area contributed by atoms with Gasteiger partial charge in [-0.25, -0.2) is 4.98 Å². The van der Waals surface area contributed by atoms with Crippen molar-refractivity contribution in [3.8, 4) is 5.75 Å². The number of rotatable bonds is 4. The molecule has 0 radical (unpaired) electrons. The number of benzene rings is 2. The summed E-state index contributed by atoms with van der Waals surface area (Å²) >= 11 is 7.54. The Morgan fingerprint density at radius 1 is 1.15 bits per heavy atom. The summed E-state index contributed by atoms with van der Waals surface area (Å²) in [6, 6.07) is 15.0. The predicted molar refractivity (Wildman–Crippen MR) is 109 cm³/mol. The van der Waals surface area contributed by atoms with E-state index in [1.54, 1.807) is 35.6 Å². The standard InChI is InChI=1S/C21H19ClN2O2S/c1-13-12-24(19(25)18(13)26-15-10-8-14(22)9-11-15)21(2,3)20-23-16-6-4-5-7-17(16)27-20/h4-11H,12H2,1-3H3. The van der Waals surface area contributed by atoms with Gasteiger partial charge in [0.05, 0.1) is 15.8 Å². The van der Waals surface area contributed by atoms with E-state index >= 15 is 0 Å². The zero-order valence-electron chi connectivity index (χ0n) is 15.3. The Labute approximate surface area is 167 Å². The topological polar surface area (TPSA) is 42.4 Å². The fourth-order valence-electron chi connectivity index (χ4n) is 3.14. The second-order valence-electron chi connectivity index (χ2n) is 7.10. The lowest BCUT2D eigenvalue weighted by molar-refractivity contribution is -0.132. The number of hydrogen-bond acceptors (Lipinski definition) is 4. The van der Waals surface area contributed by atoms with Crippen LogP contribution in [0.3, 0.4) is 0 Å². The average molecular weight is 399 g/mol. The first-order valence-corrected chi connectivity index (χ1v) is 9.87. The van der Waals surface area contributed by atoms with Crippen LogP contribution in [0, 0.1) is 0 Å². The van der Waals surface area contributed by atoms with Gasteiger partial charge in [-0.05, 0) is 62.7 Å². The van der Waals surface area contributed by atoms with Gasteiger partial charge in [-0.15, -0.1) is 11.3 Å². The Hall–Kier alpha value is -2.37. The van der Waals surface area contributed by atoms with Gasteiger partial charge in [0.25, 0.3) is 5.91 Å². The monoisotopic (exact) mass is 398 g/mol. The van der Waals surface area contributed by atoms with Gasteiger partial charge in [0, 0.05) is 11.6 Å². The van der Waals surface area contributed by atoms with Crippen molar-refractivity contribution in [1.82, 2.24) is 9.88 Å². The average Bonchev–Trinajstić information content (AvgIpc) is 3.20. The minimum atomic E-state index is -0.535. The Morgan fingerprint density at radius 2 is 1.85 bits per heavy atom. The summed E-state index contributed by atoms with van der Waals surface area (Å²) in [7, 11) is 0. The molecule has 0 N–H and O–H groups in total. The van der Waals surface area contributed by atoms with Gasteiger partial charge in [0.2, 0.25) is 0 Å². The third kappa shape index (κ3) is 3.22. The molecule has 0 aliphatic carbocycles. The van der Waals surface area contributed by atoms with Gasteiger partial charge in [0.1, 0.15) is 10.8 Å². The Kier molecular flexibility index (Phi) is 4.44. The zero-order chi connectivity index (χ0) is 19.2. The summed E-state index contributed by atoms with van der Waals surface area (Å²) in [4.78, 5) is 19.7. The lowest BCUT2D eigenvalue weighted by atomic mass is 10.0. The number of halogens is 1. The molecule has 4 nitrogen and oxygen atoms in total. The van der Waals surface area contributed by atoms with Crippen molar-refractivity contribution in [2.45, 2.75) is 26.3 Å². The van der Waals surface area contributed by atoms with Gasteiger partial charge < -0.3 is 9.64 Å². The van der Waals surface area contributed by atoms with E-state index in [1.165, 1.54) is 0 Å². The van der Waals surface area contributed by atoms with Gasteiger partial charge in [-0.1, -0.05) is 23.7 Å². The quantitative estimate of drug-likeness (QED) is 0.592. The molecule has 0 unspecified atom stereocenters. The Bertz CT molecular complexity index is 1020. The molecule has 138 valence electrons. The maximum Gasteiger partial charge on any atom is 0.290 e. The molecule has 0 fully saturated rings. The number of carbonyl (C=O) groups is 1. The molecule has 6 heteroatoms. The third-order valence-electron chi connectivity index (χ3n) is 4.75. The molecule has 0 saturated carbocycles.